The van der Waals surface area contributed by atoms with Crippen LogP contribution in [0.1, 0.15) is 12.8 Å². The van der Waals surface area contributed by atoms with Gasteiger partial charge in [-0.3, -0.25) is 9.78 Å². The van der Waals surface area contributed by atoms with E-state index in [0.29, 0.717) is 12.3 Å². The van der Waals surface area contributed by atoms with Crippen molar-refractivity contribution in [2.75, 3.05) is 19.7 Å². The van der Waals surface area contributed by atoms with Crippen molar-refractivity contribution in [3.63, 3.8) is 0 Å². The van der Waals surface area contributed by atoms with Gasteiger partial charge in [0.25, 0.3) is 5.91 Å². The summed E-state index contributed by atoms with van der Waals surface area (Å²) in [4.78, 5) is 18.4. The molecule has 0 spiro atoms. The van der Waals surface area contributed by atoms with Crippen LogP contribution in [-0.2, 0) is 4.79 Å². The van der Waals surface area contributed by atoms with Crippen LogP contribution in [0.2, 0.25) is 0 Å². The van der Waals surface area contributed by atoms with Gasteiger partial charge in [0.15, 0.2) is 6.61 Å². The lowest BCUT2D eigenvalue weighted by atomic mass is 10.1. The molecule has 0 bridgehead atoms. The predicted molar refractivity (Wildman–Crippen MR) is 112 cm³/mol. The first-order valence-corrected chi connectivity index (χ1v) is 9.91. The van der Waals surface area contributed by atoms with Crippen LogP contribution in [0.15, 0.2) is 79.1 Å². The van der Waals surface area contributed by atoms with Gasteiger partial charge in [-0.1, -0.05) is 42.5 Å². The van der Waals surface area contributed by atoms with Crippen molar-refractivity contribution >= 4 is 5.91 Å². The molecule has 148 valence electrons. The van der Waals surface area contributed by atoms with Crippen molar-refractivity contribution in [2.45, 2.75) is 18.9 Å². The topological polar surface area (TPSA) is 51.7 Å². The van der Waals surface area contributed by atoms with E-state index in [9.17, 15) is 4.79 Å². The average Bonchev–Trinajstić information content (AvgIpc) is 2.79. The first-order valence-electron chi connectivity index (χ1n) is 9.91. The monoisotopic (exact) mass is 388 g/mol. The highest BCUT2D eigenvalue weighted by Gasteiger charge is 2.25. The molecule has 0 N–H and O–H groups in total. The molecular formula is C24H24N2O3. The number of likely N-dealkylation sites (tertiary alicyclic amines) is 1. The lowest BCUT2D eigenvalue weighted by Gasteiger charge is -2.32. The number of benzene rings is 2. The Morgan fingerprint density at radius 2 is 1.66 bits per heavy atom. The van der Waals surface area contributed by atoms with Crippen LogP contribution < -0.4 is 9.47 Å². The number of ether oxygens (including phenoxy) is 2. The van der Waals surface area contributed by atoms with Crippen LogP contribution in [0.25, 0.3) is 11.1 Å². The Bertz CT molecular complexity index is 914. The number of pyridine rings is 1. The second-order valence-electron chi connectivity index (χ2n) is 7.08. The number of amides is 1. The summed E-state index contributed by atoms with van der Waals surface area (Å²) in [6.07, 6.45) is 5.28. The highest BCUT2D eigenvalue weighted by atomic mass is 16.5. The molecule has 2 heterocycles. The fourth-order valence-corrected chi connectivity index (χ4v) is 3.48. The van der Waals surface area contributed by atoms with Crippen LogP contribution in [0, 0.1) is 0 Å². The first kappa shape index (κ1) is 19.0. The van der Waals surface area contributed by atoms with E-state index in [1.54, 1.807) is 12.4 Å². The average molecular weight is 388 g/mol. The number of hydrogen-bond acceptors (Lipinski definition) is 4. The van der Waals surface area contributed by atoms with Crippen LogP contribution in [-0.4, -0.2) is 41.6 Å². The number of nitrogens with zero attached hydrogens (tertiary/aromatic N) is 2. The summed E-state index contributed by atoms with van der Waals surface area (Å²) in [7, 11) is 0. The van der Waals surface area contributed by atoms with E-state index in [1.807, 2.05) is 59.5 Å². The highest BCUT2D eigenvalue weighted by Crippen LogP contribution is 2.22. The van der Waals surface area contributed by atoms with Gasteiger partial charge in [-0.25, -0.2) is 0 Å². The van der Waals surface area contributed by atoms with Gasteiger partial charge in [0.05, 0.1) is 6.54 Å². The molecule has 1 amide bonds. The van der Waals surface area contributed by atoms with Gasteiger partial charge >= 0.3 is 0 Å². The highest BCUT2D eigenvalue weighted by molar-refractivity contribution is 5.78. The summed E-state index contributed by atoms with van der Waals surface area (Å²) < 4.78 is 11.7. The third kappa shape index (κ3) is 5.13. The van der Waals surface area contributed by atoms with E-state index in [0.717, 1.165) is 36.3 Å². The fraction of sp³-hybridized carbons (Fsp3) is 0.250. The third-order valence-electron chi connectivity index (χ3n) is 5.01. The molecule has 1 aromatic heterocycles. The van der Waals surface area contributed by atoms with E-state index in [1.165, 1.54) is 0 Å². The molecule has 1 saturated heterocycles. The van der Waals surface area contributed by atoms with E-state index in [4.69, 9.17) is 9.47 Å². The Labute approximate surface area is 170 Å². The molecular weight excluding hydrogens is 364 g/mol. The third-order valence-corrected chi connectivity index (χ3v) is 5.01. The van der Waals surface area contributed by atoms with Crippen molar-refractivity contribution in [1.82, 2.24) is 9.88 Å². The summed E-state index contributed by atoms with van der Waals surface area (Å²) >= 11 is 0. The Morgan fingerprint density at radius 3 is 2.41 bits per heavy atom. The zero-order chi connectivity index (χ0) is 19.9. The zero-order valence-corrected chi connectivity index (χ0v) is 16.2. The van der Waals surface area contributed by atoms with Gasteiger partial charge in [-0.05, 0) is 48.2 Å². The van der Waals surface area contributed by atoms with Gasteiger partial charge in [0, 0.05) is 18.9 Å². The second-order valence-corrected chi connectivity index (χ2v) is 7.08. The number of carbonyl (C=O) groups is 1. The Kier molecular flexibility index (Phi) is 6.05. The second kappa shape index (κ2) is 9.24. The molecule has 0 saturated carbocycles. The minimum atomic E-state index is -0.0137. The largest absolute Gasteiger partial charge is 0.488 e. The number of hydrogen-bond donors (Lipinski definition) is 0. The van der Waals surface area contributed by atoms with Gasteiger partial charge in [0.2, 0.25) is 0 Å². The van der Waals surface area contributed by atoms with E-state index >= 15 is 0 Å². The summed E-state index contributed by atoms with van der Waals surface area (Å²) in [5.41, 5.74) is 2.28. The van der Waals surface area contributed by atoms with Crippen molar-refractivity contribution in [2.24, 2.45) is 0 Å². The zero-order valence-electron chi connectivity index (χ0n) is 16.2. The van der Waals surface area contributed by atoms with Crippen molar-refractivity contribution in [3.05, 3.63) is 79.1 Å². The van der Waals surface area contributed by atoms with Crippen molar-refractivity contribution < 1.29 is 14.3 Å². The van der Waals surface area contributed by atoms with Crippen molar-refractivity contribution in [3.8, 4) is 22.6 Å². The van der Waals surface area contributed by atoms with Crippen molar-refractivity contribution in [1.29, 1.82) is 0 Å². The molecule has 0 radical (unpaired) electrons. The summed E-state index contributed by atoms with van der Waals surface area (Å²) in [5, 5.41) is 0. The van der Waals surface area contributed by atoms with Crippen LogP contribution in [0.5, 0.6) is 11.5 Å². The molecule has 1 atom stereocenters. The SMILES string of the molecule is O=C(COc1ccc(-c2ccccc2)cc1)N1CCCC(Oc2ccncc2)C1. The lowest BCUT2D eigenvalue weighted by molar-refractivity contribution is -0.136. The molecule has 1 unspecified atom stereocenters. The smallest absolute Gasteiger partial charge is 0.260 e. The quantitative estimate of drug-likeness (QED) is 0.635. The van der Waals surface area contributed by atoms with Gasteiger partial charge in [-0.15, -0.1) is 0 Å². The number of aromatic nitrogens is 1. The first-order chi connectivity index (χ1) is 14.3. The van der Waals surface area contributed by atoms with Crippen LogP contribution >= 0.6 is 0 Å². The maximum atomic E-state index is 12.6. The molecule has 4 rings (SSSR count). The summed E-state index contributed by atoms with van der Waals surface area (Å²) in [5.74, 6) is 1.47. The Balaban J connectivity index is 1.29. The van der Waals surface area contributed by atoms with Gasteiger partial charge < -0.3 is 14.4 Å². The molecule has 0 aliphatic carbocycles. The molecule has 3 aromatic rings. The fourth-order valence-electron chi connectivity index (χ4n) is 3.48. The molecule has 2 aromatic carbocycles. The van der Waals surface area contributed by atoms with E-state index in [2.05, 4.69) is 17.1 Å². The number of piperidine rings is 1. The maximum absolute atomic E-state index is 12.6. The number of rotatable bonds is 6. The molecule has 1 aliphatic heterocycles. The summed E-state index contributed by atoms with van der Waals surface area (Å²) in [6.45, 7) is 1.36. The Morgan fingerprint density at radius 1 is 0.931 bits per heavy atom. The van der Waals surface area contributed by atoms with E-state index in [-0.39, 0.29) is 18.6 Å². The molecule has 5 nitrogen and oxygen atoms in total. The molecule has 29 heavy (non-hydrogen) atoms. The summed E-state index contributed by atoms with van der Waals surface area (Å²) in [6, 6.07) is 21.7. The van der Waals surface area contributed by atoms with Gasteiger partial charge in [0.1, 0.15) is 17.6 Å². The molecule has 5 heteroatoms. The maximum Gasteiger partial charge on any atom is 0.260 e. The van der Waals surface area contributed by atoms with E-state index < -0.39 is 0 Å². The van der Waals surface area contributed by atoms with Crippen LogP contribution in [0.4, 0.5) is 0 Å². The minimum absolute atomic E-state index is 0.000237. The van der Waals surface area contributed by atoms with Crippen LogP contribution in [0.3, 0.4) is 0 Å². The van der Waals surface area contributed by atoms with Gasteiger partial charge in [-0.2, -0.15) is 0 Å². The minimum Gasteiger partial charge on any atom is -0.488 e. The lowest BCUT2D eigenvalue weighted by Crippen LogP contribution is -2.46. The standard InChI is InChI=1S/C24H24N2O3/c27-24(26-16-4-7-23(17-26)29-22-12-14-25-15-13-22)18-28-21-10-8-20(9-11-21)19-5-2-1-3-6-19/h1-3,5-6,8-15,23H,4,7,16-18H2. The normalized spacial score (nSPS) is 16.3. The molecule has 1 aliphatic rings. The Hall–Kier alpha value is -3.34. The number of carbonyl (C=O) groups excluding carboxylic acids is 1. The predicted octanol–water partition coefficient (Wildman–Crippen LogP) is 4.20. The molecule has 1 fully saturated rings.